The van der Waals surface area contributed by atoms with Crippen molar-refractivity contribution >= 4 is 80.9 Å². The van der Waals surface area contributed by atoms with Gasteiger partial charge in [0.2, 0.25) is 10.9 Å². The number of rotatable bonds is 12. The van der Waals surface area contributed by atoms with Crippen LogP contribution >= 0.6 is 0 Å². The van der Waals surface area contributed by atoms with Gasteiger partial charge in [0, 0.05) is 30.0 Å². The first-order chi connectivity index (χ1) is 27.7. The van der Waals surface area contributed by atoms with Crippen molar-refractivity contribution in [3.8, 4) is 5.75 Å². The Morgan fingerprint density at radius 3 is 1.81 bits per heavy atom. The first kappa shape index (κ1) is 41.3. The van der Waals surface area contributed by atoms with Crippen LogP contribution in [-0.4, -0.2) is 48.9 Å². The molecule has 0 radical (unpaired) electrons. The number of anilines is 4. The number of benzene rings is 6. The molecular formula is C34H24N8O14S3. The maximum Gasteiger partial charge on any atom is 0.296 e. The van der Waals surface area contributed by atoms with Crippen LogP contribution in [0.25, 0.3) is 10.8 Å². The summed E-state index contributed by atoms with van der Waals surface area (Å²) in [6.07, 6.45) is 0. The van der Waals surface area contributed by atoms with Crippen molar-refractivity contribution in [2.24, 2.45) is 20.4 Å². The van der Waals surface area contributed by atoms with Crippen LogP contribution in [0.2, 0.25) is 0 Å². The molecule has 0 atom stereocenters. The van der Waals surface area contributed by atoms with Gasteiger partial charge in [-0.05, 0) is 66.0 Å². The van der Waals surface area contributed by atoms with Gasteiger partial charge >= 0.3 is 0 Å². The van der Waals surface area contributed by atoms with Crippen molar-refractivity contribution < 1.29 is 48.9 Å². The molecule has 0 aliphatic heterocycles. The van der Waals surface area contributed by atoms with Gasteiger partial charge in [0.05, 0.1) is 42.9 Å². The summed E-state index contributed by atoms with van der Waals surface area (Å²) in [5.74, 6) is -0.861. The third-order valence-electron chi connectivity index (χ3n) is 7.98. The molecule has 25 heteroatoms. The Morgan fingerprint density at radius 1 is 0.610 bits per heavy atom. The van der Waals surface area contributed by atoms with E-state index in [1.165, 1.54) is 24.3 Å². The molecule has 6 aromatic rings. The summed E-state index contributed by atoms with van der Waals surface area (Å²) >= 11 is 0. The molecule has 0 bridgehead atoms. The fraction of sp³-hybridized carbons (Fsp3) is 0. The van der Waals surface area contributed by atoms with E-state index in [1.807, 2.05) is 0 Å². The van der Waals surface area contributed by atoms with E-state index < -0.39 is 88.7 Å². The predicted molar refractivity (Wildman–Crippen MR) is 208 cm³/mol. The topological polar surface area (TPSA) is 346 Å². The molecule has 0 spiro atoms. The van der Waals surface area contributed by atoms with Gasteiger partial charge < -0.3 is 10.4 Å². The highest BCUT2D eigenvalue weighted by atomic mass is 32.2. The Hall–Kier alpha value is -7.29. The zero-order chi connectivity index (χ0) is 42.9. The average molecular weight is 865 g/mol. The van der Waals surface area contributed by atoms with E-state index in [0.29, 0.717) is 17.8 Å². The van der Waals surface area contributed by atoms with E-state index in [0.717, 1.165) is 36.4 Å². The second-order valence-electron chi connectivity index (χ2n) is 12.0. The number of hydrogen-bond acceptors (Lipinski definition) is 18. The lowest BCUT2D eigenvalue weighted by atomic mass is 10.1. The average Bonchev–Trinajstić information content (AvgIpc) is 3.16. The van der Waals surface area contributed by atoms with Crippen LogP contribution in [-0.2, 0) is 30.4 Å². The number of hydrogen-bond donors (Lipinski definition) is 7. The first-order valence-electron chi connectivity index (χ1n) is 16.0. The number of aromatic hydroxyl groups is 1. The number of fused-ring (bicyclic) bond motifs is 1. The number of phenolic OH excluding ortho intramolecular Hbond substituents is 1. The smallest absolute Gasteiger partial charge is 0.296 e. The van der Waals surface area contributed by atoms with Crippen LogP contribution in [0, 0.1) is 10.1 Å². The highest BCUT2D eigenvalue weighted by molar-refractivity contribution is 7.86. The molecule has 0 amide bonds. The molecule has 0 saturated carbocycles. The Bertz CT molecular complexity index is 3300. The maximum absolute atomic E-state index is 13.6. The fourth-order valence-electron chi connectivity index (χ4n) is 5.25. The SMILES string of the molecule is O=c1c(N=Nc2cc(S(=O)(=O)O)cc3cc(S(=O)(=O)O)cc(O)c23)c/c(=N/Nc2ccc(Nc3ccccc3)c(S(=O)(=O)O)c2)c(=O)/c1=N\Nc1ccc([N+](=O)[O-])cc1. The van der Waals surface area contributed by atoms with E-state index in [-0.39, 0.29) is 33.5 Å². The van der Waals surface area contributed by atoms with Gasteiger partial charge in [0.15, 0.2) is 5.36 Å². The molecule has 6 aromatic carbocycles. The molecule has 7 N–H and O–H groups in total. The molecule has 0 fully saturated rings. The van der Waals surface area contributed by atoms with Gasteiger partial charge in [-0.15, -0.1) is 10.2 Å². The van der Waals surface area contributed by atoms with Crippen LogP contribution in [0.3, 0.4) is 0 Å². The number of nitro benzene ring substituents is 1. The monoisotopic (exact) mass is 864 g/mol. The van der Waals surface area contributed by atoms with Crippen LogP contribution in [0.5, 0.6) is 5.75 Å². The number of non-ortho nitro benzene ring substituents is 1. The third-order valence-corrected chi connectivity index (χ3v) is 10.5. The molecule has 6 rings (SSSR count). The fourth-order valence-corrected chi connectivity index (χ4v) is 7.00. The molecule has 22 nitrogen and oxygen atoms in total. The van der Waals surface area contributed by atoms with Crippen molar-refractivity contribution in [1.29, 1.82) is 0 Å². The molecule has 59 heavy (non-hydrogen) atoms. The molecule has 0 saturated heterocycles. The predicted octanol–water partition coefficient (Wildman–Crippen LogP) is 3.80. The van der Waals surface area contributed by atoms with Crippen molar-refractivity contribution in [3.63, 3.8) is 0 Å². The number of para-hydroxylation sites is 1. The van der Waals surface area contributed by atoms with E-state index in [4.69, 9.17) is 0 Å². The minimum atomic E-state index is -5.03. The van der Waals surface area contributed by atoms with Gasteiger partial charge in [0.25, 0.3) is 36.0 Å². The van der Waals surface area contributed by atoms with E-state index in [2.05, 4.69) is 36.6 Å². The molecular weight excluding hydrogens is 841 g/mol. The Labute approximate surface area is 330 Å². The second-order valence-corrected chi connectivity index (χ2v) is 16.2. The number of azo groups is 1. The van der Waals surface area contributed by atoms with Crippen LogP contribution in [0.4, 0.5) is 39.8 Å². The zero-order valence-corrected chi connectivity index (χ0v) is 31.6. The number of nitro groups is 1. The minimum absolute atomic E-state index is 0.0311. The Balaban J connectivity index is 1.51. The summed E-state index contributed by atoms with van der Waals surface area (Å²) in [5, 5.41) is 37.8. The normalized spacial score (nSPS) is 12.9. The number of nitrogens with zero attached hydrogens (tertiary/aromatic N) is 5. The quantitative estimate of drug-likeness (QED) is 0.0398. The van der Waals surface area contributed by atoms with E-state index in [1.54, 1.807) is 30.3 Å². The number of nitrogens with one attached hydrogen (secondary N) is 3. The molecule has 0 aliphatic rings. The highest BCUT2D eigenvalue weighted by Crippen LogP contribution is 2.38. The zero-order valence-electron chi connectivity index (χ0n) is 29.1. The van der Waals surface area contributed by atoms with E-state index >= 15 is 0 Å². The summed E-state index contributed by atoms with van der Waals surface area (Å²) in [7, 11) is -14.8. The standard InChI is InChI=1S/C34H24N8O14S3/c43-29-16-24(58(51,52)53)13-18-12-23(57(48,49)50)15-26(31(18)29)38-40-28-17-27(33(44)32(34(28)45)41-36-20-6-9-22(10-7-20)42(46)47)39-37-21-8-11-25(30(14-21)59(54,55)56)35-19-4-2-1-3-5-19/h1-17,35-37,43H,(H,48,49,50)(H,51,52,53)(H,54,55,56)/b39-27-,40-38?,41-32+. The van der Waals surface area contributed by atoms with Crippen LogP contribution < -0.4 is 37.7 Å². The molecule has 0 aromatic heterocycles. The minimum Gasteiger partial charge on any atom is -0.507 e. The Morgan fingerprint density at radius 2 is 1.20 bits per heavy atom. The summed E-state index contributed by atoms with van der Waals surface area (Å²) in [5.41, 5.74) is 1.34. The highest BCUT2D eigenvalue weighted by Gasteiger charge is 2.21. The van der Waals surface area contributed by atoms with Gasteiger partial charge in [-0.25, -0.2) is 0 Å². The number of phenols is 1. The second kappa shape index (κ2) is 15.9. The summed E-state index contributed by atoms with van der Waals surface area (Å²) in [6, 6.07) is 20.2. The summed E-state index contributed by atoms with van der Waals surface area (Å²) in [4.78, 5) is 35.3. The van der Waals surface area contributed by atoms with Crippen LogP contribution in [0.15, 0.2) is 148 Å². The van der Waals surface area contributed by atoms with Gasteiger partial charge in [-0.3, -0.25) is 44.2 Å². The van der Waals surface area contributed by atoms with Crippen molar-refractivity contribution in [2.45, 2.75) is 14.7 Å². The maximum atomic E-state index is 13.6. The van der Waals surface area contributed by atoms with Gasteiger partial charge in [0.1, 0.15) is 21.7 Å². The van der Waals surface area contributed by atoms with Crippen LogP contribution in [0.1, 0.15) is 0 Å². The summed E-state index contributed by atoms with van der Waals surface area (Å²) in [6.45, 7) is 0. The first-order valence-corrected chi connectivity index (χ1v) is 20.3. The molecule has 0 unspecified atom stereocenters. The van der Waals surface area contributed by atoms with Gasteiger partial charge in [-0.2, -0.15) is 35.5 Å². The third kappa shape index (κ3) is 9.47. The summed E-state index contributed by atoms with van der Waals surface area (Å²) < 4.78 is 102. The lowest BCUT2D eigenvalue weighted by Gasteiger charge is -2.12. The Kier molecular flexibility index (Phi) is 11.2. The van der Waals surface area contributed by atoms with Crippen molar-refractivity contribution in [2.75, 3.05) is 16.2 Å². The molecule has 0 aliphatic carbocycles. The van der Waals surface area contributed by atoms with Gasteiger partial charge in [-0.1, -0.05) is 18.2 Å². The largest absolute Gasteiger partial charge is 0.507 e. The lowest BCUT2D eigenvalue weighted by Crippen LogP contribution is -2.48. The lowest BCUT2D eigenvalue weighted by molar-refractivity contribution is -0.384. The molecule has 0 heterocycles. The van der Waals surface area contributed by atoms with Crippen molar-refractivity contribution in [1.82, 2.24) is 0 Å². The van der Waals surface area contributed by atoms with Crippen molar-refractivity contribution in [3.05, 3.63) is 144 Å². The van der Waals surface area contributed by atoms with E-state index in [9.17, 15) is 63.7 Å². The molecule has 302 valence electrons.